The monoisotopic (exact) mass is 314 g/mol. The third-order valence-electron chi connectivity index (χ3n) is 4.59. The van der Waals surface area contributed by atoms with Crippen molar-refractivity contribution in [1.29, 1.82) is 0 Å². The van der Waals surface area contributed by atoms with Gasteiger partial charge in [0.2, 0.25) is 0 Å². The molecule has 4 nitrogen and oxygen atoms in total. The van der Waals surface area contributed by atoms with Crippen LogP contribution in [-0.2, 0) is 12.8 Å². The second-order valence-corrected chi connectivity index (χ2v) is 7.04. The van der Waals surface area contributed by atoms with Gasteiger partial charge in [-0.15, -0.1) is 11.3 Å². The Balaban J connectivity index is 1.80. The number of aryl methyl sites for hydroxylation is 1. The number of rotatable bonds is 1. The van der Waals surface area contributed by atoms with Crippen molar-refractivity contribution in [2.45, 2.75) is 31.8 Å². The molecule has 114 valence electrons. The van der Waals surface area contributed by atoms with Gasteiger partial charge < -0.3 is 15.3 Å². The zero-order valence-electron chi connectivity index (χ0n) is 12.4. The minimum Gasteiger partial charge on any atom is -0.508 e. The highest BCUT2D eigenvalue weighted by Gasteiger charge is 2.36. The van der Waals surface area contributed by atoms with E-state index in [1.807, 2.05) is 12.1 Å². The van der Waals surface area contributed by atoms with Crippen LogP contribution in [0.2, 0.25) is 0 Å². The predicted octanol–water partition coefficient (Wildman–Crippen LogP) is 3.53. The molecule has 22 heavy (non-hydrogen) atoms. The highest BCUT2D eigenvalue weighted by atomic mass is 32.1. The van der Waals surface area contributed by atoms with Gasteiger partial charge in [-0.3, -0.25) is 4.79 Å². The zero-order chi connectivity index (χ0) is 15.3. The van der Waals surface area contributed by atoms with E-state index < -0.39 is 0 Å². The van der Waals surface area contributed by atoms with Crippen LogP contribution in [0.15, 0.2) is 24.3 Å². The topological polar surface area (TPSA) is 52.6 Å². The normalized spacial score (nSPS) is 20.3. The Bertz CT molecular complexity index is 753. The first-order chi connectivity index (χ1) is 10.7. The van der Waals surface area contributed by atoms with E-state index in [2.05, 4.69) is 5.32 Å². The van der Waals surface area contributed by atoms with Crippen LogP contribution in [0.25, 0.3) is 0 Å². The van der Waals surface area contributed by atoms with Crippen LogP contribution in [0.4, 0.5) is 5.00 Å². The lowest BCUT2D eigenvalue weighted by Gasteiger charge is -2.34. The minimum atomic E-state index is -0.318. The lowest BCUT2D eigenvalue weighted by atomic mass is 9.94. The van der Waals surface area contributed by atoms with Crippen molar-refractivity contribution in [3.05, 3.63) is 45.8 Å². The van der Waals surface area contributed by atoms with Gasteiger partial charge in [0.15, 0.2) is 0 Å². The van der Waals surface area contributed by atoms with Gasteiger partial charge in [0.05, 0.1) is 5.56 Å². The van der Waals surface area contributed by atoms with Gasteiger partial charge in [-0.2, -0.15) is 0 Å². The molecule has 2 heterocycles. The molecule has 0 bridgehead atoms. The third kappa shape index (κ3) is 1.92. The summed E-state index contributed by atoms with van der Waals surface area (Å²) < 4.78 is 0. The Hall–Kier alpha value is -2.01. The van der Waals surface area contributed by atoms with Crippen LogP contribution in [0.3, 0.4) is 0 Å². The molecular formula is C17H18N2O2S. The molecule has 2 aromatic rings. The molecule has 4 rings (SSSR count). The van der Waals surface area contributed by atoms with Gasteiger partial charge in [-0.1, -0.05) is 18.2 Å². The fraction of sp³-hybridized carbons (Fsp3) is 0.353. The fourth-order valence-corrected chi connectivity index (χ4v) is 4.72. The van der Waals surface area contributed by atoms with Crippen LogP contribution in [0.5, 0.6) is 5.75 Å². The molecule has 2 N–H and O–H groups in total. The number of aromatic hydroxyl groups is 1. The van der Waals surface area contributed by atoms with Crippen molar-refractivity contribution in [3.8, 4) is 5.75 Å². The van der Waals surface area contributed by atoms with E-state index in [9.17, 15) is 9.90 Å². The molecule has 0 saturated heterocycles. The highest BCUT2D eigenvalue weighted by molar-refractivity contribution is 7.16. The average molecular weight is 314 g/mol. The van der Waals surface area contributed by atoms with E-state index in [4.69, 9.17) is 0 Å². The molecule has 1 aromatic heterocycles. The van der Waals surface area contributed by atoms with Crippen LogP contribution in [0, 0.1) is 0 Å². The summed E-state index contributed by atoms with van der Waals surface area (Å²) in [5.41, 5.74) is 2.83. The number of carbonyl (C=O) groups excluding carboxylic acids is 1. The average Bonchev–Trinajstić information content (AvgIpc) is 2.90. The standard InChI is InChI=1S/C17H18N2O2S/c1-19-15(10-6-2-4-8-12(10)20)18-16-14(17(19)21)11-7-3-5-9-13(11)22-16/h2,4,6,8,15,18,20H,3,5,7,9H2,1H3/t15-/m1/s1. The van der Waals surface area contributed by atoms with Gasteiger partial charge in [-0.25, -0.2) is 0 Å². The maximum atomic E-state index is 12.9. The molecule has 1 aromatic carbocycles. The summed E-state index contributed by atoms with van der Waals surface area (Å²) in [5.74, 6) is 0.269. The third-order valence-corrected chi connectivity index (χ3v) is 5.81. The molecule has 0 radical (unpaired) electrons. The van der Waals surface area contributed by atoms with Gasteiger partial charge in [-0.05, 0) is 37.3 Å². The van der Waals surface area contributed by atoms with E-state index in [1.54, 1.807) is 35.4 Å². The Morgan fingerprint density at radius 1 is 1.27 bits per heavy atom. The number of nitrogens with zero attached hydrogens (tertiary/aromatic N) is 1. The Kier molecular flexibility index (Phi) is 3.11. The summed E-state index contributed by atoms with van der Waals surface area (Å²) in [6.45, 7) is 0. The quantitative estimate of drug-likeness (QED) is 0.846. The zero-order valence-corrected chi connectivity index (χ0v) is 13.2. The summed E-state index contributed by atoms with van der Waals surface area (Å²) in [6, 6.07) is 7.18. The summed E-state index contributed by atoms with van der Waals surface area (Å²) in [7, 11) is 1.79. The largest absolute Gasteiger partial charge is 0.508 e. The van der Waals surface area contributed by atoms with Crippen molar-refractivity contribution in [3.63, 3.8) is 0 Å². The lowest BCUT2D eigenvalue weighted by molar-refractivity contribution is 0.0734. The molecule has 1 aliphatic heterocycles. The number of hydrogen-bond acceptors (Lipinski definition) is 4. The minimum absolute atomic E-state index is 0.0569. The van der Waals surface area contributed by atoms with Gasteiger partial charge in [0, 0.05) is 17.5 Å². The SMILES string of the molecule is CN1C(=O)c2c(sc3c2CCCC3)N[C@H]1c1ccccc1O. The van der Waals surface area contributed by atoms with Gasteiger partial charge in [0.1, 0.15) is 16.9 Å². The van der Waals surface area contributed by atoms with E-state index in [-0.39, 0.29) is 17.8 Å². The molecule has 0 saturated carbocycles. The second-order valence-electron chi connectivity index (χ2n) is 5.94. The Morgan fingerprint density at radius 3 is 2.86 bits per heavy atom. The molecule has 0 spiro atoms. The number of phenolic OH excluding ortho intramolecular Hbond substituents is 1. The van der Waals surface area contributed by atoms with E-state index in [1.165, 1.54) is 16.9 Å². The molecule has 5 heteroatoms. The molecule has 2 aliphatic rings. The van der Waals surface area contributed by atoms with Crippen LogP contribution in [0.1, 0.15) is 45.4 Å². The van der Waals surface area contributed by atoms with Crippen LogP contribution < -0.4 is 5.32 Å². The molecular weight excluding hydrogens is 296 g/mol. The van der Waals surface area contributed by atoms with Gasteiger partial charge >= 0.3 is 0 Å². The number of phenols is 1. The summed E-state index contributed by atoms with van der Waals surface area (Å²) >= 11 is 1.71. The summed E-state index contributed by atoms with van der Waals surface area (Å²) in [5, 5.41) is 14.5. The second kappa shape index (κ2) is 5.02. The van der Waals surface area contributed by atoms with Gasteiger partial charge in [0.25, 0.3) is 5.91 Å². The maximum Gasteiger partial charge on any atom is 0.258 e. The van der Waals surface area contributed by atoms with E-state index in [0.717, 1.165) is 35.4 Å². The smallest absolute Gasteiger partial charge is 0.258 e. The number of carbonyl (C=O) groups is 1. The first-order valence-electron chi connectivity index (χ1n) is 7.63. The predicted molar refractivity (Wildman–Crippen MR) is 87.5 cm³/mol. The number of amides is 1. The molecule has 0 unspecified atom stereocenters. The number of anilines is 1. The number of thiophene rings is 1. The number of nitrogens with one attached hydrogen (secondary N) is 1. The number of hydrogen-bond donors (Lipinski definition) is 2. The van der Waals surface area contributed by atoms with Crippen molar-refractivity contribution >= 4 is 22.2 Å². The number of fused-ring (bicyclic) bond motifs is 3. The highest BCUT2D eigenvalue weighted by Crippen LogP contribution is 2.44. The molecule has 1 amide bonds. The van der Waals surface area contributed by atoms with E-state index in [0.29, 0.717) is 0 Å². The first kappa shape index (κ1) is 13.6. The van der Waals surface area contributed by atoms with Crippen molar-refractivity contribution in [1.82, 2.24) is 4.90 Å². The Labute approximate surface area is 133 Å². The molecule has 0 fully saturated rings. The summed E-state index contributed by atoms with van der Waals surface area (Å²) in [6.07, 6.45) is 4.13. The first-order valence-corrected chi connectivity index (χ1v) is 8.44. The van der Waals surface area contributed by atoms with E-state index >= 15 is 0 Å². The van der Waals surface area contributed by atoms with Crippen molar-refractivity contribution in [2.24, 2.45) is 0 Å². The van der Waals surface area contributed by atoms with Crippen molar-refractivity contribution in [2.75, 3.05) is 12.4 Å². The Morgan fingerprint density at radius 2 is 2.05 bits per heavy atom. The van der Waals surface area contributed by atoms with Crippen molar-refractivity contribution < 1.29 is 9.90 Å². The fourth-order valence-electron chi connectivity index (χ4n) is 3.41. The maximum absolute atomic E-state index is 12.9. The number of para-hydroxylation sites is 1. The number of benzene rings is 1. The van der Waals surface area contributed by atoms with Crippen LogP contribution >= 0.6 is 11.3 Å². The summed E-state index contributed by atoms with van der Waals surface area (Å²) in [4.78, 5) is 15.9. The molecule has 1 atom stereocenters. The molecule has 1 aliphatic carbocycles. The van der Waals surface area contributed by atoms with Crippen LogP contribution in [-0.4, -0.2) is 23.0 Å². The lowest BCUT2D eigenvalue weighted by Crippen LogP contribution is -2.40.